The van der Waals surface area contributed by atoms with Gasteiger partial charge in [-0.15, -0.1) is 0 Å². The summed E-state index contributed by atoms with van der Waals surface area (Å²) in [7, 11) is 0. The van der Waals surface area contributed by atoms with Gasteiger partial charge in [0.05, 0.1) is 6.61 Å². The van der Waals surface area contributed by atoms with Crippen LogP contribution in [0.5, 0.6) is 17.2 Å². The van der Waals surface area contributed by atoms with E-state index < -0.39 is 36.7 Å². The second-order valence-corrected chi connectivity index (χ2v) is 7.43. The highest BCUT2D eigenvalue weighted by atomic mass is 16.7. The summed E-state index contributed by atoms with van der Waals surface area (Å²) < 4.78 is 16.4. The van der Waals surface area contributed by atoms with Crippen LogP contribution in [0.25, 0.3) is 0 Å². The predicted molar refractivity (Wildman–Crippen MR) is 101 cm³/mol. The van der Waals surface area contributed by atoms with E-state index in [1.807, 2.05) is 18.2 Å². The topological polar surface area (TPSA) is 146 Å². The maximum atomic E-state index is 11.2. The van der Waals surface area contributed by atoms with Crippen LogP contribution in [0, 0.1) is 0 Å². The van der Waals surface area contributed by atoms with E-state index in [0.717, 1.165) is 17.5 Å². The molecule has 9 nitrogen and oxygen atoms in total. The number of hydrogen-bond donors (Lipinski definition) is 5. The van der Waals surface area contributed by atoms with Crippen LogP contribution in [0.15, 0.2) is 42.5 Å². The number of fused-ring (bicyclic) bond motifs is 1. The number of phenolic OH excluding ortho intramolecular Hbond substituents is 1. The average Bonchev–Trinajstić information content (AvgIpc) is 2.74. The number of aliphatic hydroxyl groups excluding tert-OH is 3. The molecule has 0 spiro atoms. The van der Waals surface area contributed by atoms with Gasteiger partial charge >= 0.3 is 5.97 Å². The first kappa shape index (κ1) is 20.4. The maximum absolute atomic E-state index is 11.2. The smallest absolute Gasteiger partial charge is 0.335 e. The van der Waals surface area contributed by atoms with Gasteiger partial charge in [-0.05, 0) is 35.7 Å². The Labute approximate surface area is 171 Å². The summed E-state index contributed by atoms with van der Waals surface area (Å²) in [5.74, 6) is -0.242. The zero-order chi connectivity index (χ0) is 21.4. The lowest BCUT2D eigenvalue weighted by Crippen LogP contribution is -2.61. The molecule has 0 amide bonds. The molecule has 0 radical (unpaired) electrons. The molecule has 160 valence electrons. The highest BCUT2D eigenvalue weighted by Crippen LogP contribution is 2.35. The molecule has 1 saturated heterocycles. The van der Waals surface area contributed by atoms with Gasteiger partial charge in [0, 0.05) is 12.0 Å². The van der Waals surface area contributed by atoms with Gasteiger partial charge in [-0.2, -0.15) is 0 Å². The summed E-state index contributed by atoms with van der Waals surface area (Å²) in [6, 6.07) is 12.0. The first-order valence-electron chi connectivity index (χ1n) is 9.47. The molecular weight excluding hydrogens is 396 g/mol. The summed E-state index contributed by atoms with van der Waals surface area (Å²) in [5.41, 5.74) is 1.99. The van der Waals surface area contributed by atoms with Gasteiger partial charge < -0.3 is 39.7 Å². The van der Waals surface area contributed by atoms with E-state index in [9.17, 15) is 25.2 Å². The van der Waals surface area contributed by atoms with Gasteiger partial charge in [0.2, 0.25) is 6.29 Å². The Morgan fingerprint density at radius 2 is 1.73 bits per heavy atom. The molecule has 2 aliphatic heterocycles. The highest BCUT2D eigenvalue weighted by Gasteiger charge is 2.48. The molecular formula is C21H22O9. The minimum Gasteiger partial charge on any atom is -0.508 e. The van der Waals surface area contributed by atoms with Gasteiger partial charge in [0.25, 0.3) is 0 Å². The lowest BCUT2D eigenvalue weighted by Gasteiger charge is -2.38. The number of benzene rings is 2. The first-order chi connectivity index (χ1) is 14.3. The second-order valence-electron chi connectivity index (χ2n) is 7.43. The number of aliphatic carboxylic acids is 1. The Morgan fingerprint density at radius 1 is 1.00 bits per heavy atom. The Morgan fingerprint density at radius 3 is 2.43 bits per heavy atom. The molecule has 2 aromatic carbocycles. The molecule has 9 heteroatoms. The molecule has 2 heterocycles. The molecule has 0 aliphatic carbocycles. The molecule has 0 unspecified atom stereocenters. The van der Waals surface area contributed by atoms with Gasteiger partial charge in [-0.25, -0.2) is 4.79 Å². The summed E-state index contributed by atoms with van der Waals surface area (Å²) in [5, 5.41) is 48.3. The number of carboxylic acid groups (broad SMARTS) is 1. The van der Waals surface area contributed by atoms with E-state index in [4.69, 9.17) is 19.3 Å². The van der Waals surface area contributed by atoms with Crippen molar-refractivity contribution in [2.75, 3.05) is 6.61 Å². The normalized spacial score (nSPS) is 30.8. The van der Waals surface area contributed by atoms with E-state index in [1.54, 1.807) is 24.3 Å². The molecule has 5 N–H and O–H groups in total. The third-order valence-electron chi connectivity index (χ3n) is 5.37. The third-order valence-corrected chi connectivity index (χ3v) is 5.37. The van der Waals surface area contributed by atoms with Gasteiger partial charge in [-0.1, -0.05) is 18.2 Å². The molecule has 0 bridgehead atoms. The number of ether oxygens (including phenoxy) is 3. The number of phenols is 1. The molecule has 0 saturated carbocycles. The molecule has 2 aromatic rings. The van der Waals surface area contributed by atoms with E-state index in [0.29, 0.717) is 18.1 Å². The minimum absolute atomic E-state index is 0.0981. The van der Waals surface area contributed by atoms with Gasteiger partial charge in [-0.3, -0.25) is 0 Å². The van der Waals surface area contributed by atoms with Gasteiger partial charge in [0.15, 0.2) is 6.10 Å². The second kappa shape index (κ2) is 8.11. The van der Waals surface area contributed by atoms with Crippen LogP contribution in [-0.2, 0) is 16.0 Å². The SMILES string of the molecule is O=C(O)[C@H]1O[C@@H](Oc2ccc([C@H]3COc4cc(O)ccc4C3)cc2)[C@H](O)[C@@H](O)[C@@H]1O. The van der Waals surface area contributed by atoms with Crippen LogP contribution in [0.2, 0.25) is 0 Å². The Balaban J connectivity index is 1.44. The lowest BCUT2D eigenvalue weighted by molar-refractivity contribution is -0.271. The van der Waals surface area contributed by atoms with Crippen molar-refractivity contribution in [1.82, 2.24) is 0 Å². The molecule has 6 atom stereocenters. The average molecular weight is 418 g/mol. The Bertz CT molecular complexity index is 913. The van der Waals surface area contributed by atoms with Crippen molar-refractivity contribution in [3.8, 4) is 17.2 Å². The van der Waals surface area contributed by atoms with Crippen LogP contribution in [0.4, 0.5) is 0 Å². The molecule has 4 rings (SSSR count). The monoisotopic (exact) mass is 418 g/mol. The Hall–Kier alpha value is -2.85. The lowest BCUT2D eigenvalue weighted by atomic mass is 9.90. The number of carboxylic acids is 1. The summed E-state index contributed by atoms with van der Waals surface area (Å²) >= 11 is 0. The van der Waals surface area contributed by atoms with Crippen molar-refractivity contribution in [3.63, 3.8) is 0 Å². The van der Waals surface area contributed by atoms with Gasteiger partial charge in [0.1, 0.15) is 35.6 Å². The number of rotatable bonds is 4. The molecule has 2 aliphatic rings. The fourth-order valence-corrected chi connectivity index (χ4v) is 3.68. The predicted octanol–water partition coefficient (Wildman–Crippen LogP) is 0.382. The number of aromatic hydroxyl groups is 1. The molecule has 1 fully saturated rings. The summed E-state index contributed by atoms with van der Waals surface area (Å²) in [4.78, 5) is 11.2. The van der Waals surface area contributed by atoms with Crippen LogP contribution in [0.3, 0.4) is 0 Å². The number of carbonyl (C=O) groups is 1. The van der Waals surface area contributed by atoms with E-state index in [1.165, 1.54) is 0 Å². The Kier molecular flexibility index (Phi) is 5.52. The van der Waals surface area contributed by atoms with Crippen LogP contribution >= 0.6 is 0 Å². The largest absolute Gasteiger partial charge is 0.508 e. The molecule has 30 heavy (non-hydrogen) atoms. The van der Waals surface area contributed by atoms with Crippen LogP contribution in [0.1, 0.15) is 17.0 Å². The number of hydrogen-bond acceptors (Lipinski definition) is 8. The maximum Gasteiger partial charge on any atom is 0.335 e. The van der Waals surface area contributed by atoms with Crippen LogP contribution in [-0.4, -0.2) is 68.8 Å². The quantitative estimate of drug-likeness (QED) is 0.476. The first-order valence-corrected chi connectivity index (χ1v) is 9.47. The molecule has 0 aromatic heterocycles. The fourth-order valence-electron chi connectivity index (χ4n) is 3.68. The van der Waals surface area contributed by atoms with Crippen molar-refractivity contribution in [2.24, 2.45) is 0 Å². The van der Waals surface area contributed by atoms with E-state index in [2.05, 4.69) is 0 Å². The highest BCUT2D eigenvalue weighted by molar-refractivity contribution is 5.73. The standard InChI is InChI=1S/C21H22O9/c22-13-4-1-11-7-12(9-28-15(11)8-13)10-2-5-14(6-3-10)29-21-18(25)16(23)17(24)19(30-21)20(26)27/h1-6,8,12,16-19,21-25H,7,9H2,(H,26,27)/t12-,16+,17+,18-,19+,21-/m1/s1. The van der Waals surface area contributed by atoms with E-state index >= 15 is 0 Å². The zero-order valence-corrected chi connectivity index (χ0v) is 15.8. The summed E-state index contributed by atoms with van der Waals surface area (Å²) in [6.07, 6.45) is -7.53. The van der Waals surface area contributed by atoms with Crippen molar-refractivity contribution >= 4 is 5.97 Å². The minimum atomic E-state index is -1.77. The van der Waals surface area contributed by atoms with Crippen molar-refractivity contribution in [1.29, 1.82) is 0 Å². The van der Waals surface area contributed by atoms with Crippen molar-refractivity contribution in [3.05, 3.63) is 53.6 Å². The summed E-state index contributed by atoms with van der Waals surface area (Å²) in [6.45, 7) is 0.450. The fraction of sp³-hybridized carbons (Fsp3) is 0.381. The zero-order valence-electron chi connectivity index (χ0n) is 15.8. The van der Waals surface area contributed by atoms with Crippen molar-refractivity contribution < 1.29 is 44.5 Å². The number of aliphatic hydroxyl groups is 3. The third kappa shape index (κ3) is 3.92. The van der Waals surface area contributed by atoms with Crippen molar-refractivity contribution in [2.45, 2.75) is 43.0 Å². The van der Waals surface area contributed by atoms with E-state index in [-0.39, 0.29) is 11.7 Å². The van der Waals surface area contributed by atoms with Crippen LogP contribution < -0.4 is 9.47 Å².